The summed E-state index contributed by atoms with van der Waals surface area (Å²) in [5.41, 5.74) is 14.4. The second kappa shape index (κ2) is 38.7. The number of benzene rings is 6. The molecule has 1 aliphatic heterocycles. The van der Waals surface area contributed by atoms with E-state index in [0.29, 0.717) is 22.7 Å². The minimum atomic E-state index is -2.83. The maximum Gasteiger partial charge on any atom is 0.678 e. The summed E-state index contributed by atoms with van der Waals surface area (Å²) in [5.74, 6) is 1.83. The molecule has 114 heavy (non-hydrogen) atoms. The van der Waals surface area contributed by atoms with Gasteiger partial charge in [-0.25, -0.2) is 4.99 Å². The monoisotopic (exact) mass is 1580 g/mol. The van der Waals surface area contributed by atoms with Crippen LogP contribution < -0.4 is 9.47 Å². The van der Waals surface area contributed by atoms with Crippen LogP contribution in [-0.4, -0.2) is 44.9 Å². The van der Waals surface area contributed by atoms with E-state index in [0.717, 1.165) is 117 Å². The summed E-state index contributed by atoms with van der Waals surface area (Å²) >= 11 is 6.88. The molecule has 0 N–H and O–H groups in total. The van der Waals surface area contributed by atoms with Crippen LogP contribution in [0, 0.1) is 6.92 Å². The van der Waals surface area contributed by atoms with Gasteiger partial charge >= 0.3 is 7.40 Å². The van der Waals surface area contributed by atoms with Crippen LogP contribution in [0.2, 0.25) is 0 Å². The van der Waals surface area contributed by atoms with Crippen LogP contribution in [0.4, 0.5) is 8.63 Å². The number of nitrogens with zero attached hydrogens (tertiary/aromatic N) is 5. The molecule has 0 spiro atoms. The van der Waals surface area contributed by atoms with E-state index >= 15 is 8.63 Å². The fourth-order valence-electron chi connectivity index (χ4n) is 15.8. The van der Waals surface area contributed by atoms with Crippen LogP contribution >= 0.6 is 45.3 Å². The van der Waals surface area contributed by atoms with Gasteiger partial charge in [0.2, 0.25) is 0 Å². The third kappa shape index (κ3) is 19.2. The summed E-state index contributed by atoms with van der Waals surface area (Å²) in [6.45, 7) is 9.97. The number of hydrogen-bond donors (Lipinski definition) is 0. The molecule has 14 aromatic rings. The first-order valence-corrected chi connectivity index (χ1v) is 44.5. The zero-order chi connectivity index (χ0) is 78.0. The molecule has 0 saturated heterocycles. The fraction of sp³-hybridized carbons (Fsp3) is 0.260. The zero-order valence-electron chi connectivity index (χ0n) is 66.0. The summed E-state index contributed by atoms with van der Waals surface area (Å²) < 4.78 is 49.9. The molecule has 1 aliphatic rings. The van der Waals surface area contributed by atoms with Crippen LogP contribution in [0.25, 0.3) is 123 Å². The second-order valence-corrected chi connectivity index (χ2v) is 34.5. The number of ether oxygens (including phenoxy) is 2. The van der Waals surface area contributed by atoms with E-state index in [1.54, 1.807) is 57.7 Å². The van der Waals surface area contributed by atoms with E-state index in [1.807, 2.05) is 56.4 Å². The Balaban J connectivity index is 0.576. The molecule has 9 heterocycles. The lowest BCUT2D eigenvalue weighted by Gasteiger charge is -2.16. The minimum absolute atomic E-state index is 0.405. The van der Waals surface area contributed by atoms with E-state index in [9.17, 15) is 0 Å². The quantitative estimate of drug-likeness (QED) is 0.0285. The lowest BCUT2D eigenvalue weighted by molar-refractivity contribution is 0.304. The van der Waals surface area contributed by atoms with Crippen molar-refractivity contribution in [2.24, 2.45) is 4.99 Å². The number of aliphatic imine (C=N–C) groups is 1. The number of para-hydroxylation sites is 2. The number of thiophene rings is 4. The molecule has 0 amide bonds. The largest absolute Gasteiger partial charge is 0.678 e. The number of pyridine rings is 1. The molecule has 7 nitrogen and oxygen atoms in total. The van der Waals surface area contributed by atoms with Crippen molar-refractivity contribution in [3.63, 3.8) is 0 Å². The molecule has 15 rings (SSSR count). The molecule has 14 heteroatoms. The van der Waals surface area contributed by atoms with Crippen molar-refractivity contribution in [2.45, 2.75) is 156 Å². The Morgan fingerprint density at radius 3 is 1.25 bits per heavy atom. The molecule has 0 unspecified atom stereocenters. The second-order valence-electron chi connectivity index (χ2n) is 30.0. The lowest BCUT2D eigenvalue weighted by Crippen LogP contribution is -2.18. The van der Waals surface area contributed by atoms with Crippen molar-refractivity contribution in [1.82, 2.24) is 18.6 Å². The van der Waals surface area contributed by atoms with Crippen molar-refractivity contribution >= 4 is 150 Å². The number of unbranched alkanes of at least 4 members (excludes halogenated alkanes) is 18. The maximum absolute atomic E-state index is 15.8. The third-order valence-electron chi connectivity index (χ3n) is 21.7. The SMILES string of the molecule is CCCCCCCCCCCCOc1ccc(-n2c3ccccc3c3cc(/C=C/c4ccc(-c5ccc(/C=C/C6=NC(=C(/c7ccncc7)c7c(C)cc(/C=C/c8ccc(-c9ccc(/C=C/c%10ccc%11c(c%10)c%10ccccc%10n%11-c%10ccc(OCCCCCCCCCCCC)cc%10)s9)s8)n7B(F)F)/C(C)=C6)s5)s4)ccc32)cc1. The highest BCUT2D eigenvalue weighted by Crippen LogP contribution is 2.42. The average Bonchev–Trinajstić information content (AvgIpc) is 1.62. The van der Waals surface area contributed by atoms with Gasteiger partial charge in [0.25, 0.3) is 0 Å². The smallest absolute Gasteiger partial charge is 0.494 e. The molecule has 0 saturated carbocycles. The predicted molar refractivity (Wildman–Crippen MR) is 491 cm³/mol. The Kier molecular flexibility index (Phi) is 26.9. The van der Waals surface area contributed by atoms with Crippen LogP contribution in [0.3, 0.4) is 0 Å². The van der Waals surface area contributed by atoms with Gasteiger partial charge < -0.3 is 23.1 Å². The van der Waals surface area contributed by atoms with Crippen molar-refractivity contribution in [3.05, 3.63) is 289 Å². The van der Waals surface area contributed by atoms with Gasteiger partial charge in [-0.2, -0.15) is 0 Å². The molecule has 0 fully saturated rings. The van der Waals surface area contributed by atoms with Crippen LogP contribution in [0.15, 0.2) is 241 Å². The number of hydrogen-bond acceptors (Lipinski definition) is 8. The maximum atomic E-state index is 15.8. The van der Waals surface area contributed by atoms with E-state index in [4.69, 9.17) is 14.5 Å². The fourth-order valence-corrected chi connectivity index (χ4v) is 19.6. The van der Waals surface area contributed by atoms with Crippen molar-refractivity contribution in [1.29, 1.82) is 0 Å². The highest BCUT2D eigenvalue weighted by Gasteiger charge is 2.30. The van der Waals surface area contributed by atoms with Crippen LogP contribution in [0.5, 0.6) is 11.5 Å². The highest BCUT2D eigenvalue weighted by molar-refractivity contribution is 7.23. The molecule has 0 radical (unpaired) electrons. The lowest BCUT2D eigenvalue weighted by atomic mass is 9.95. The van der Waals surface area contributed by atoms with Crippen molar-refractivity contribution < 1.29 is 18.1 Å². The standard InChI is InChI=1S/C100H100BF2N5O2S4/c1-5-7-9-11-13-15-17-19-21-27-65-109-80-43-38-77(39-44-80)106-90-31-25-23-29-86(90)88-69-73(35-55-92(88)106)33-47-82-51-57-94(111-82)96-59-53-84(113-96)49-37-76-67-71(3)99(105-76)98(75-61-63-104-64-62-75)100-72(4)68-79(108(100)101(102)103)42-50-85-54-60-97(114-85)95-58-52-83(112-95)48-34-74-36-56-93-89(70-74)87-30-24-26-32-91(87)107(93)78-40-45-81(46-41-78)110-66-28-22-20-18-16-14-12-10-8-6-2/h23-26,29-64,67-70H,5-22,27-28,65-66H2,1-4H3/b47-33+,48-34+,49-37+,50-42+,99-98-. The van der Waals surface area contributed by atoms with E-state index in [-0.39, 0.29) is 0 Å². The first kappa shape index (κ1) is 79.0. The molecular weight excluding hydrogens is 1480 g/mol. The molecule has 0 atom stereocenters. The van der Waals surface area contributed by atoms with Crippen molar-refractivity contribution in [2.75, 3.05) is 13.2 Å². The Morgan fingerprint density at radius 1 is 0.404 bits per heavy atom. The summed E-state index contributed by atoms with van der Waals surface area (Å²) in [5, 5.41) is 4.86. The van der Waals surface area contributed by atoms with Gasteiger partial charge in [-0.05, 0) is 249 Å². The Labute approximate surface area is 687 Å². The molecule has 8 aromatic heterocycles. The Morgan fingerprint density at radius 2 is 0.807 bits per heavy atom. The average molecular weight is 1580 g/mol. The van der Waals surface area contributed by atoms with Gasteiger partial charge in [0.05, 0.1) is 46.7 Å². The molecule has 0 bridgehead atoms. The van der Waals surface area contributed by atoms with Gasteiger partial charge in [0.1, 0.15) is 11.5 Å². The van der Waals surface area contributed by atoms with Gasteiger partial charge in [-0.3, -0.25) is 13.6 Å². The number of aromatic nitrogens is 4. The van der Waals surface area contributed by atoms with E-state index in [1.165, 1.54) is 168 Å². The number of aryl methyl sites for hydroxylation is 1. The molecule has 0 aliphatic carbocycles. The number of rotatable bonds is 39. The highest BCUT2D eigenvalue weighted by atomic mass is 32.1. The molecule has 6 aromatic carbocycles. The normalized spacial score (nSPS) is 13.1. The first-order chi connectivity index (χ1) is 56.1. The number of fused-ring (bicyclic) bond motifs is 6. The molecule has 578 valence electrons. The van der Waals surface area contributed by atoms with Crippen LogP contribution in [0.1, 0.15) is 202 Å². The van der Waals surface area contributed by atoms with E-state index < -0.39 is 7.40 Å². The predicted octanol–water partition coefficient (Wildman–Crippen LogP) is 30.7. The topological polar surface area (TPSA) is 58.5 Å². The number of allylic oxidation sites excluding steroid dienone is 3. The summed E-state index contributed by atoms with van der Waals surface area (Å²) in [7, 11) is -2.83. The zero-order valence-corrected chi connectivity index (χ0v) is 69.2. The third-order valence-corrected chi connectivity index (χ3v) is 26.3. The minimum Gasteiger partial charge on any atom is -0.494 e. The summed E-state index contributed by atoms with van der Waals surface area (Å²) in [6, 6.07) is 70.8. The van der Waals surface area contributed by atoms with Gasteiger partial charge in [-0.15, -0.1) is 45.3 Å². The molecular formula is C100H100BF2N5O2S4. The van der Waals surface area contributed by atoms with Gasteiger partial charge in [0, 0.05) is 101 Å². The van der Waals surface area contributed by atoms with Crippen LogP contribution in [-0.2, 0) is 0 Å². The summed E-state index contributed by atoms with van der Waals surface area (Å²) in [4.78, 5) is 18.5. The number of halogens is 2. The van der Waals surface area contributed by atoms with Gasteiger partial charge in [0.15, 0.2) is 0 Å². The Hall–Kier alpha value is -10.2. The first-order valence-electron chi connectivity index (χ1n) is 41.2. The van der Waals surface area contributed by atoms with Crippen molar-refractivity contribution in [3.8, 4) is 42.4 Å². The summed E-state index contributed by atoms with van der Waals surface area (Å²) in [6.07, 6.45) is 48.3. The van der Waals surface area contributed by atoms with E-state index in [2.05, 4.69) is 240 Å². The Bertz CT molecular complexity index is 5810. The van der Waals surface area contributed by atoms with Gasteiger partial charge in [-0.1, -0.05) is 190 Å².